The minimum Gasteiger partial charge on any atom is -0.396 e. The maximum Gasteiger partial charge on any atom is 0.248 e. The standard InChI is InChI=1S/C36H51N3O5/c1-4-22-37(26-27-16-10-8-11-17-27)32(41)29-30-33(42)39(24-14-6-7-15-25-40)31(36(30)21-20-35(29,3)44-36)34(43)38(23-5-2)28-18-12-9-13-19-28/h4-5,8,10-11,16-17,28-31,40H,1-2,6-7,9,12-15,18-26H2,3H3/t29-,30-,31?,35+,36?/m0/s1. The van der Waals surface area contributed by atoms with Gasteiger partial charge in [0, 0.05) is 38.8 Å². The van der Waals surface area contributed by atoms with E-state index in [1.807, 2.05) is 42.2 Å². The SMILES string of the molecule is C=CCN(Cc1ccccc1)C(=O)[C@@H]1[C@H]2C(=O)N(CCCCCCO)C(C(=O)N(CC=C)C3CCCCC3)C23CC[C@@]1(C)O3. The Morgan fingerprint density at radius 2 is 1.70 bits per heavy atom. The van der Waals surface area contributed by atoms with E-state index in [-0.39, 0.29) is 30.4 Å². The van der Waals surface area contributed by atoms with Crippen molar-refractivity contribution in [1.29, 1.82) is 0 Å². The van der Waals surface area contributed by atoms with Crippen LogP contribution in [0.3, 0.4) is 0 Å². The highest BCUT2D eigenvalue weighted by atomic mass is 16.5. The van der Waals surface area contributed by atoms with Gasteiger partial charge in [-0.2, -0.15) is 0 Å². The predicted octanol–water partition coefficient (Wildman–Crippen LogP) is 4.87. The van der Waals surface area contributed by atoms with Gasteiger partial charge in [-0.3, -0.25) is 14.4 Å². The number of rotatable bonds is 15. The summed E-state index contributed by atoms with van der Waals surface area (Å²) in [6.07, 6.45) is 13.1. The molecule has 2 unspecified atom stereocenters. The van der Waals surface area contributed by atoms with Crippen LogP contribution in [0.25, 0.3) is 0 Å². The number of unbranched alkanes of at least 4 members (excludes halogenated alkanes) is 3. The maximum absolute atomic E-state index is 14.8. The van der Waals surface area contributed by atoms with Crippen molar-refractivity contribution in [3.63, 3.8) is 0 Å². The topological polar surface area (TPSA) is 90.4 Å². The van der Waals surface area contributed by atoms with Gasteiger partial charge in [-0.05, 0) is 51.0 Å². The molecule has 4 fully saturated rings. The van der Waals surface area contributed by atoms with Crippen LogP contribution < -0.4 is 0 Å². The number of aliphatic hydroxyl groups excluding tert-OH is 1. The molecule has 5 atom stereocenters. The third-order valence-corrected chi connectivity index (χ3v) is 10.6. The van der Waals surface area contributed by atoms with Crippen molar-refractivity contribution in [2.45, 2.75) is 107 Å². The Morgan fingerprint density at radius 3 is 2.39 bits per heavy atom. The van der Waals surface area contributed by atoms with Gasteiger partial charge < -0.3 is 24.5 Å². The number of carbonyl (C=O) groups is 3. The first-order valence-corrected chi connectivity index (χ1v) is 16.8. The molecule has 3 aliphatic heterocycles. The van der Waals surface area contributed by atoms with Gasteiger partial charge in [0.05, 0.1) is 17.4 Å². The summed E-state index contributed by atoms with van der Waals surface area (Å²) in [4.78, 5) is 49.4. The van der Waals surface area contributed by atoms with E-state index < -0.39 is 29.1 Å². The fraction of sp³-hybridized carbons (Fsp3) is 0.639. The molecule has 0 aromatic heterocycles. The Balaban J connectivity index is 1.49. The summed E-state index contributed by atoms with van der Waals surface area (Å²) in [7, 11) is 0. The fourth-order valence-corrected chi connectivity index (χ4v) is 8.57. The van der Waals surface area contributed by atoms with Crippen LogP contribution in [0, 0.1) is 11.8 Å². The van der Waals surface area contributed by atoms with Crippen LogP contribution in [0.1, 0.15) is 83.1 Å². The van der Waals surface area contributed by atoms with E-state index in [1.165, 1.54) is 6.42 Å². The first-order chi connectivity index (χ1) is 21.3. The number of likely N-dealkylation sites (tertiary alicyclic amines) is 1. The third kappa shape index (κ3) is 6.00. The van der Waals surface area contributed by atoms with Crippen molar-refractivity contribution in [1.82, 2.24) is 14.7 Å². The van der Waals surface area contributed by atoms with Crippen molar-refractivity contribution >= 4 is 17.7 Å². The second-order valence-corrected chi connectivity index (χ2v) is 13.5. The highest BCUT2D eigenvalue weighted by Crippen LogP contribution is 2.63. The molecule has 2 bridgehead atoms. The molecule has 3 saturated heterocycles. The monoisotopic (exact) mass is 605 g/mol. The molecule has 44 heavy (non-hydrogen) atoms. The maximum atomic E-state index is 14.8. The van der Waals surface area contributed by atoms with E-state index in [9.17, 15) is 19.5 Å². The summed E-state index contributed by atoms with van der Waals surface area (Å²) in [6.45, 7) is 11.6. The molecule has 5 rings (SSSR count). The first kappa shape index (κ1) is 32.4. The number of hydrogen-bond donors (Lipinski definition) is 1. The van der Waals surface area contributed by atoms with Crippen molar-refractivity contribution in [2.75, 3.05) is 26.2 Å². The second kappa shape index (κ2) is 14.0. The van der Waals surface area contributed by atoms with Gasteiger partial charge in [0.1, 0.15) is 11.6 Å². The number of ether oxygens (including phenoxy) is 1. The predicted molar refractivity (Wildman–Crippen MR) is 170 cm³/mol. The first-order valence-electron chi connectivity index (χ1n) is 16.8. The van der Waals surface area contributed by atoms with Crippen LogP contribution in [0.4, 0.5) is 0 Å². The molecule has 1 saturated carbocycles. The molecule has 3 heterocycles. The van der Waals surface area contributed by atoms with Crippen molar-refractivity contribution in [3.8, 4) is 0 Å². The highest BCUT2D eigenvalue weighted by Gasteiger charge is 2.78. The molecule has 1 aromatic rings. The minimum absolute atomic E-state index is 0.0624. The largest absolute Gasteiger partial charge is 0.396 e. The van der Waals surface area contributed by atoms with Crippen LogP contribution in [0.15, 0.2) is 55.6 Å². The third-order valence-electron chi connectivity index (χ3n) is 10.6. The molecule has 1 aromatic carbocycles. The molecular weight excluding hydrogens is 554 g/mol. The molecule has 8 heteroatoms. The number of amides is 3. The average molecular weight is 606 g/mol. The quantitative estimate of drug-likeness (QED) is 0.228. The van der Waals surface area contributed by atoms with E-state index in [4.69, 9.17) is 4.74 Å². The Kier molecular flexibility index (Phi) is 10.3. The second-order valence-electron chi connectivity index (χ2n) is 13.5. The van der Waals surface area contributed by atoms with Crippen LogP contribution in [-0.4, -0.2) is 87.1 Å². The number of fused-ring (bicyclic) bond motifs is 1. The lowest BCUT2D eigenvalue weighted by Crippen LogP contribution is -2.58. The van der Waals surface area contributed by atoms with Crippen LogP contribution in [-0.2, 0) is 25.7 Å². The van der Waals surface area contributed by atoms with Crippen LogP contribution >= 0.6 is 0 Å². The van der Waals surface area contributed by atoms with Gasteiger partial charge in [0.15, 0.2) is 0 Å². The van der Waals surface area contributed by atoms with E-state index in [1.54, 1.807) is 22.0 Å². The molecule has 8 nitrogen and oxygen atoms in total. The lowest BCUT2D eigenvalue weighted by atomic mass is 9.66. The molecule has 0 radical (unpaired) electrons. The number of hydrogen-bond acceptors (Lipinski definition) is 5. The average Bonchev–Trinajstić information content (AvgIpc) is 3.60. The van der Waals surface area contributed by atoms with Gasteiger partial charge in [0.25, 0.3) is 0 Å². The van der Waals surface area contributed by atoms with Crippen molar-refractivity contribution in [2.24, 2.45) is 11.8 Å². The molecule has 1 N–H and O–H groups in total. The van der Waals surface area contributed by atoms with E-state index in [0.717, 1.165) is 56.9 Å². The summed E-state index contributed by atoms with van der Waals surface area (Å²) in [6, 6.07) is 9.22. The number of carbonyl (C=O) groups excluding carboxylic acids is 3. The van der Waals surface area contributed by atoms with Crippen LogP contribution in [0.5, 0.6) is 0 Å². The molecule has 1 aliphatic carbocycles. The van der Waals surface area contributed by atoms with Crippen molar-refractivity contribution < 1.29 is 24.2 Å². The lowest BCUT2D eigenvalue weighted by Gasteiger charge is -2.40. The molecular formula is C36H51N3O5. The zero-order chi connectivity index (χ0) is 31.3. The zero-order valence-corrected chi connectivity index (χ0v) is 26.5. The summed E-state index contributed by atoms with van der Waals surface area (Å²) >= 11 is 0. The van der Waals surface area contributed by atoms with Gasteiger partial charge in [0.2, 0.25) is 17.7 Å². The Morgan fingerprint density at radius 1 is 1.00 bits per heavy atom. The van der Waals surface area contributed by atoms with Crippen molar-refractivity contribution in [3.05, 3.63) is 61.2 Å². The molecule has 240 valence electrons. The number of nitrogens with zero attached hydrogens (tertiary/aromatic N) is 3. The van der Waals surface area contributed by atoms with E-state index in [0.29, 0.717) is 39.0 Å². The normalized spacial score (nSPS) is 29.5. The molecule has 1 spiro atoms. The van der Waals surface area contributed by atoms with Gasteiger partial charge >= 0.3 is 0 Å². The summed E-state index contributed by atoms with van der Waals surface area (Å²) in [5, 5.41) is 9.25. The fourth-order valence-electron chi connectivity index (χ4n) is 8.57. The smallest absolute Gasteiger partial charge is 0.248 e. The summed E-state index contributed by atoms with van der Waals surface area (Å²) < 4.78 is 6.94. The molecule has 3 amide bonds. The van der Waals surface area contributed by atoms with E-state index in [2.05, 4.69) is 13.2 Å². The van der Waals surface area contributed by atoms with Crippen LogP contribution in [0.2, 0.25) is 0 Å². The number of benzene rings is 1. The number of aliphatic hydroxyl groups is 1. The Labute approximate surface area is 263 Å². The highest BCUT2D eigenvalue weighted by molar-refractivity contribution is 5.99. The zero-order valence-electron chi connectivity index (χ0n) is 26.5. The lowest BCUT2D eigenvalue weighted by molar-refractivity contribution is -0.155. The van der Waals surface area contributed by atoms with Gasteiger partial charge in [-0.1, -0.05) is 74.6 Å². The summed E-state index contributed by atoms with van der Waals surface area (Å²) in [5.74, 6) is -1.69. The minimum atomic E-state index is -1.03. The van der Waals surface area contributed by atoms with Gasteiger partial charge in [-0.15, -0.1) is 13.2 Å². The summed E-state index contributed by atoms with van der Waals surface area (Å²) in [5.41, 5.74) is -0.850. The molecule has 4 aliphatic rings. The Bertz CT molecular complexity index is 1200. The van der Waals surface area contributed by atoms with Gasteiger partial charge in [-0.25, -0.2) is 0 Å². The van der Waals surface area contributed by atoms with E-state index >= 15 is 0 Å². The Hall–Kier alpha value is -2.97.